The minimum atomic E-state index is -3.97. The van der Waals surface area contributed by atoms with Crippen molar-refractivity contribution < 1.29 is 22.3 Å². The number of carbonyl (C=O) groups is 1. The average Bonchev–Trinajstić information content (AvgIpc) is 2.33. The number of primary sulfonamides is 1. The van der Waals surface area contributed by atoms with Crippen LogP contribution < -0.4 is 15.2 Å². The first-order chi connectivity index (χ1) is 9.20. The van der Waals surface area contributed by atoms with Crippen LogP contribution in [0.4, 0.5) is 4.39 Å². The number of hydrogen-bond donors (Lipinski definition) is 2. The fraction of sp³-hybridized carbons (Fsp3) is 0.417. The first-order valence-corrected chi connectivity index (χ1v) is 7.46. The lowest BCUT2D eigenvalue weighted by Gasteiger charge is -2.10. The van der Waals surface area contributed by atoms with Gasteiger partial charge in [0.2, 0.25) is 10.0 Å². The Balaban J connectivity index is 2.64. The zero-order valence-electron chi connectivity index (χ0n) is 11.2. The molecule has 1 aromatic carbocycles. The maximum absolute atomic E-state index is 13.6. The lowest BCUT2D eigenvalue weighted by molar-refractivity contribution is -0.123. The minimum Gasteiger partial charge on any atom is -0.481 e. The van der Waals surface area contributed by atoms with Gasteiger partial charge in [0, 0.05) is 6.54 Å². The van der Waals surface area contributed by atoms with Gasteiger partial charge in [-0.05, 0) is 24.1 Å². The van der Waals surface area contributed by atoms with Gasteiger partial charge in [-0.15, -0.1) is 0 Å². The smallest absolute Gasteiger partial charge is 0.257 e. The average molecular weight is 304 g/mol. The molecule has 0 fully saturated rings. The molecule has 20 heavy (non-hydrogen) atoms. The molecular formula is C12H17FN2O4S. The number of nitrogens with two attached hydrogens (primary N) is 1. The quantitative estimate of drug-likeness (QED) is 0.805. The van der Waals surface area contributed by atoms with E-state index in [9.17, 15) is 17.6 Å². The highest BCUT2D eigenvalue weighted by molar-refractivity contribution is 7.89. The van der Waals surface area contributed by atoms with Crippen molar-refractivity contribution in [2.24, 2.45) is 11.1 Å². The molecule has 8 heteroatoms. The van der Waals surface area contributed by atoms with E-state index < -0.39 is 15.8 Å². The van der Waals surface area contributed by atoms with Gasteiger partial charge in [-0.1, -0.05) is 13.8 Å². The van der Waals surface area contributed by atoms with Crippen LogP contribution in [0.5, 0.6) is 5.75 Å². The van der Waals surface area contributed by atoms with E-state index >= 15 is 0 Å². The van der Waals surface area contributed by atoms with Crippen LogP contribution >= 0.6 is 0 Å². The first kappa shape index (κ1) is 16.4. The van der Waals surface area contributed by atoms with Crippen molar-refractivity contribution in [2.45, 2.75) is 18.7 Å². The Morgan fingerprint density at radius 3 is 2.60 bits per heavy atom. The molecule has 1 aromatic rings. The van der Waals surface area contributed by atoms with E-state index in [-0.39, 0.29) is 23.2 Å². The molecule has 0 saturated carbocycles. The van der Waals surface area contributed by atoms with Gasteiger partial charge in [0.15, 0.2) is 18.2 Å². The van der Waals surface area contributed by atoms with E-state index in [4.69, 9.17) is 9.88 Å². The number of benzene rings is 1. The Kier molecular flexibility index (Phi) is 5.46. The highest BCUT2D eigenvalue weighted by atomic mass is 32.2. The number of amides is 1. The second-order valence-electron chi connectivity index (χ2n) is 4.62. The molecule has 1 amide bonds. The van der Waals surface area contributed by atoms with E-state index in [1.807, 2.05) is 13.8 Å². The predicted octanol–water partition coefficient (Wildman–Crippen LogP) is 0.624. The summed E-state index contributed by atoms with van der Waals surface area (Å²) in [7, 11) is -3.97. The van der Waals surface area contributed by atoms with Crippen LogP contribution in [0.3, 0.4) is 0 Å². The summed E-state index contributed by atoms with van der Waals surface area (Å²) in [6.45, 7) is 4.02. The van der Waals surface area contributed by atoms with Crippen molar-refractivity contribution in [2.75, 3.05) is 13.2 Å². The van der Waals surface area contributed by atoms with Crippen LogP contribution in [-0.4, -0.2) is 27.5 Å². The van der Waals surface area contributed by atoms with Crippen molar-refractivity contribution in [3.63, 3.8) is 0 Å². The number of ether oxygens (including phenoxy) is 1. The lowest BCUT2D eigenvalue weighted by atomic mass is 10.2. The summed E-state index contributed by atoms with van der Waals surface area (Å²) in [6.07, 6.45) is 0. The number of rotatable bonds is 6. The van der Waals surface area contributed by atoms with Crippen molar-refractivity contribution in [1.29, 1.82) is 0 Å². The van der Waals surface area contributed by atoms with Gasteiger partial charge in [-0.2, -0.15) is 0 Å². The van der Waals surface area contributed by atoms with Gasteiger partial charge < -0.3 is 10.1 Å². The molecule has 0 saturated heterocycles. The third kappa shape index (κ3) is 5.14. The van der Waals surface area contributed by atoms with Crippen molar-refractivity contribution in [3.8, 4) is 5.75 Å². The number of halogens is 1. The van der Waals surface area contributed by atoms with Crippen LogP contribution in [0.15, 0.2) is 23.1 Å². The molecule has 1 rings (SSSR count). The molecule has 0 aliphatic carbocycles. The van der Waals surface area contributed by atoms with Crippen LogP contribution in [-0.2, 0) is 14.8 Å². The fourth-order valence-electron chi connectivity index (χ4n) is 1.29. The van der Waals surface area contributed by atoms with Crippen LogP contribution in [0.1, 0.15) is 13.8 Å². The van der Waals surface area contributed by atoms with Gasteiger partial charge >= 0.3 is 0 Å². The summed E-state index contributed by atoms with van der Waals surface area (Å²) in [5, 5.41) is 7.47. The second-order valence-corrected chi connectivity index (χ2v) is 6.19. The third-order valence-electron chi connectivity index (χ3n) is 2.30. The minimum absolute atomic E-state index is 0.211. The normalized spacial score (nSPS) is 11.4. The zero-order valence-corrected chi connectivity index (χ0v) is 12.0. The largest absolute Gasteiger partial charge is 0.481 e. The van der Waals surface area contributed by atoms with Crippen molar-refractivity contribution >= 4 is 15.9 Å². The summed E-state index contributed by atoms with van der Waals surface area (Å²) in [5.74, 6) is -1.19. The molecule has 6 nitrogen and oxygen atoms in total. The molecule has 0 aliphatic heterocycles. The monoisotopic (exact) mass is 304 g/mol. The van der Waals surface area contributed by atoms with Gasteiger partial charge in [0.25, 0.3) is 5.91 Å². The number of nitrogens with one attached hydrogen (secondary N) is 1. The highest BCUT2D eigenvalue weighted by Gasteiger charge is 2.13. The molecule has 0 aromatic heterocycles. The SMILES string of the molecule is CC(C)CNC(=O)COc1ccc(S(N)(=O)=O)cc1F. The number of carbonyl (C=O) groups excluding carboxylic acids is 1. The molecule has 0 bridgehead atoms. The summed E-state index contributed by atoms with van der Waals surface area (Å²) in [6, 6.07) is 2.97. The maximum Gasteiger partial charge on any atom is 0.257 e. The van der Waals surface area contributed by atoms with Crippen LogP contribution in [0.2, 0.25) is 0 Å². The predicted molar refractivity (Wildman–Crippen MR) is 71.1 cm³/mol. The zero-order chi connectivity index (χ0) is 15.3. The van der Waals surface area contributed by atoms with E-state index in [0.717, 1.165) is 18.2 Å². The van der Waals surface area contributed by atoms with E-state index in [1.54, 1.807) is 0 Å². The Bertz CT molecular complexity index is 587. The highest BCUT2D eigenvalue weighted by Crippen LogP contribution is 2.20. The molecule has 0 aliphatic rings. The standard InChI is InChI=1S/C12H17FN2O4S/c1-8(2)6-15-12(16)7-19-11-4-3-9(5-10(11)13)20(14,17)18/h3-5,8H,6-7H2,1-2H3,(H,15,16)(H2,14,17,18). The molecule has 0 unspecified atom stereocenters. The van der Waals surface area contributed by atoms with E-state index in [2.05, 4.69) is 5.32 Å². The van der Waals surface area contributed by atoms with Gasteiger partial charge in [0.1, 0.15) is 0 Å². The molecule has 112 valence electrons. The van der Waals surface area contributed by atoms with Gasteiger partial charge in [-0.3, -0.25) is 4.79 Å². The Morgan fingerprint density at radius 1 is 1.45 bits per heavy atom. The Hall–Kier alpha value is -1.67. The first-order valence-electron chi connectivity index (χ1n) is 5.92. The Morgan fingerprint density at radius 2 is 2.10 bits per heavy atom. The summed E-state index contributed by atoms with van der Waals surface area (Å²) in [4.78, 5) is 11.0. The van der Waals surface area contributed by atoms with Crippen LogP contribution in [0, 0.1) is 11.7 Å². The molecule has 3 N–H and O–H groups in total. The van der Waals surface area contributed by atoms with E-state index in [1.165, 1.54) is 0 Å². The summed E-state index contributed by atoms with van der Waals surface area (Å²) < 4.78 is 40.6. The molecule has 0 heterocycles. The molecule has 0 spiro atoms. The molecular weight excluding hydrogens is 287 g/mol. The maximum atomic E-state index is 13.6. The third-order valence-corrected chi connectivity index (χ3v) is 3.21. The number of sulfonamides is 1. The lowest BCUT2D eigenvalue weighted by Crippen LogP contribution is -2.31. The van der Waals surface area contributed by atoms with Gasteiger partial charge in [-0.25, -0.2) is 17.9 Å². The van der Waals surface area contributed by atoms with Gasteiger partial charge in [0.05, 0.1) is 4.90 Å². The topological polar surface area (TPSA) is 98.5 Å². The molecule has 0 atom stereocenters. The van der Waals surface area contributed by atoms with Crippen molar-refractivity contribution in [3.05, 3.63) is 24.0 Å². The van der Waals surface area contributed by atoms with Crippen molar-refractivity contribution in [1.82, 2.24) is 5.32 Å². The summed E-state index contributed by atoms with van der Waals surface area (Å²) in [5.41, 5.74) is 0. The summed E-state index contributed by atoms with van der Waals surface area (Å²) >= 11 is 0. The number of hydrogen-bond acceptors (Lipinski definition) is 4. The Labute approximate surface area is 117 Å². The molecule has 0 radical (unpaired) electrons. The van der Waals surface area contributed by atoms with Crippen LogP contribution in [0.25, 0.3) is 0 Å². The fourth-order valence-corrected chi connectivity index (χ4v) is 1.81. The second kappa shape index (κ2) is 6.67. The van der Waals surface area contributed by atoms with E-state index in [0.29, 0.717) is 12.5 Å².